The molecule has 0 amide bonds. The highest BCUT2D eigenvalue weighted by Crippen LogP contribution is 2.36. The molecule has 2 atom stereocenters. The van der Waals surface area contributed by atoms with Gasteiger partial charge in [-0.15, -0.1) is 0 Å². The molecular weight excluding hydrogens is 394 g/mol. The smallest absolute Gasteiger partial charge is 0.138 e. The van der Waals surface area contributed by atoms with Crippen LogP contribution in [0.2, 0.25) is 0 Å². The SMILES string of the molecule is CCCCC[C@@H](NC)C(CCC(=O)C1(C)CCN(C2=NCCCC2)CC1)c1ccccc1. The number of carbonyl (C=O) groups is 1. The number of hydrogen-bond acceptors (Lipinski definition) is 4. The molecule has 1 unspecified atom stereocenters. The van der Waals surface area contributed by atoms with E-state index in [1.165, 1.54) is 49.9 Å². The Morgan fingerprint density at radius 3 is 2.50 bits per heavy atom. The quantitative estimate of drug-likeness (QED) is 0.432. The van der Waals surface area contributed by atoms with Crippen molar-refractivity contribution < 1.29 is 4.79 Å². The highest BCUT2D eigenvalue weighted by molar-refractivity contribution is 5.86. The van der Waals surface area contributed by atoms with Crippen LogP contribution in [0.25, 0.3) is 0 Å². The maximum atomic E-state index is 13.4. The number of nitrogens with one attached hydrogen (secondary N) is 1. The third kappa shape index (κ3) is 6.66. The zero-order valence-corrected chi connectivity index (χ0v) is 20.7. The van der Waals surface area contributed by atoms with Crippen LogP contribution in [-0.4, -0.2) is 49.2 Å². The van der Waals surface area contributed by atoms with E-state index in [0.717, 1.165) is 45.3 Å². The number of ketones is 1. The lowest BCUT2D eigenvalue weighted by molar-refractivity contribution is -0.130. The van der Waals surface area contributed by atoms with Crippen LogP contribution in [0.1, 0.15) is 96.0 Å². The number of aliphatic imine (C=N–C) groups is 1. The molecule has 178 valence electrons. The van der Waals surface area contributed by atoms with Gasteiger partial charge in [0.05, 0.1) is 5.84 Å². The van der Waals surface area contributed by atoms with E-state index < -0.39 is 0 Å². The van der Waals surface area contributed by atoms with Crippen LogP contribution in [0.5, 0.6) is 0 Å². The van der Waals surface area contributed by atoms with Crippen molar-refractivity contribution >= 4 is 11.6 Å². The van der Waals surface area contributed by atoms with Gasteiger partial charge >= 0.3 is 0 Å². The summed E-state index contributed by atoms with van der Waals surface area (Å²) in [5.74, 6) is 2.15. The fourth-order valence-electron chi connectivity index (χ4n) is 5.53. The third-order valence-electron chi connectivity index (χ3n) is 7.89. The minimum atomic E-state index is -0.176. The molecule has 1 aromatic rings. The molecule has 1 N–H and O–H groups in total. The lowest BCUT2D eigenvalue weighted by Crippen LogP contribution is -2.45. The van der Waals surface area contributed by atoms with Crippen molar-refractivity contribution in [3.63, 3.8) is 0 Å². The number of likely N-dealkylation sites (tertiary alicyclic amines) is 1. The maximum absolute atomic E-state index is 13.4. The Balaban J connectivity index is 1.59. The zero-order valence-electron chi connectivity index (χ0n) is 20.7. The van der Waals surface area contributed by atoms with E-state index in [9.17, 15) is 4.79 Å². The molecule has 0 aliphatic carbocycles. The first kappa shape index (κ1) is 25.0. The molecule has 1 fully saturated rings. The summed E-state index contributed by atoms with van der Waals surface area (Å²) in [6.07, 6.45) is 12.1. The van der Waals surface area contributed by atoms with E-state index in [2.05, 4.69) is 61.4 Å². The summed E-state index contributed by atoms with van der Waals surface area (Å²) in [5, 5.41) is 3.58. The molecule has 0 radical (unpaired) electrons. The number of likely N-dealkylation sites (N-methyl/N-ethyl adjacent to an activating group) is 1. The molecule has 0 spiro atoms. The number of benzene rings is 1. The molecule has 1 aromatic carbocycles. The van der Waals surface area contributed by atoms with Crippen molar-refractivity contribution in [3.05, 3.63) is 35.9 Å². The maximum Gasteiger partial charge on any atom is 0.138 e. The van der Waals surface area contributed by atoms with Gasteiger partial charge in [-0.1, -0.05) is 63.4 Å². The minimum absolute atomic E-state index is 0.176. The molecule has 0 bridgehead atoms. The topological polar surface area (TPSA) is 44.7 Å². The Hall–Kier alpha value is -1.68. The monoisotopic (exact) mass is 439 g/mol. The van der Waals surface area contributed by atoms with Crippen LogP contribution in [-0.2, 0) is 4.79 Å². The van der Waals surface area contributed by atoms with E-state index in [1.54, 1.807) is 0 Å². The van der Waals surface area contributed by atoms with Crippen molar-refractivity contribution in [1.29, 1.82) is 0 Å². The molecule has 0 aromatic heterocycles. The molecule has 2 aliphatic heterocycles. The number of hydrogen-bond donors (Lipinski definition) is 1. The summed E-state index contributed by atoms with van der Waals surface area (Å²) in [4.78, 5) is 20.6. The molecule has 1 saturated heterocycles. The van der Waals surface area contributed by atoms with Crippen molar-refractivity contribution in [2.45, 2.75) is 96.4 Å². The Bertz CT molecular complexity index is 721. The predicted octanol–water partition coefficient (Wildman–Crippen LogP) is 5.97. The van der Waals surface area contributed by atoms with Crippen molar-refractivity contribution in [2.24, 2.45) is 10.4 Å². The first-order chi connectivity index (χ1) is 15.6. The molecule has 32 heavy (non-hydrogen) atoms. The Kier molecular flexibility index (Phi) is 9.77. The van der Waals surface area contributed by atoms with Crippen LogP contribution in [0.3, 0.4) is 0 Å². The fourth-order valence-corrected chi connectivity index (χ4v) is 5.53. The van der Waals surface area contributed by atoms with Gasteiger partial charge in [0.2, 0.25) is 0 Å². The minimum Gasteiger partial charge on any atom is -0.360 e. The molecule has 2 aliphatic rings. The molecular formula is C28H45N3O. The zero-order chi connectivity index (χ0) is 22.8. The summed E-state index contributed by atoms with van der Waals surface area (Å²) in [6, 6.07) is 11.3. The van der Waals surface area contributed by atoms with E-state index in [1.807, 2.05) is 0 Å². The number of Topliss-reactive ketones (excluding diaryl/α,β-unsaturated/α-hetero) is 1. The predicted molar refractivity (Wildman–Crippen MR) is 135 cm³/mol. The summed E-state index contributed by atoms with van der Waals surface area (Å²) in [5.41, 5.74) is 1.19. The Morgan fingerprint density at radius 2 is 1.88 bits per heavy atom. The highest BCUT2D eigenvalue weighted by Gasteiger charge is 2.37. The standard InChI is InChI=1S/C28H45N3O/c1-4-5-7-14-25(29-3)24(23-12-8-6-9-13-23)16-17-26(32)28(2)18-21-31(22-19-28)27-15-10-11-20-30-27/h6,8-9,12-13,24-25,29H,4-5,7,10-11,14-22H2,1-3H3/t24?,25-/m1/s1. The van der Waals surface area contributed by atoms with Crippen LogP contribution >= 0.6 is 0 Å². The van der Waals surface area contributed by atoms with Gasteiger partial charge in [-0.25, -0.2) is 0 Å². The average Bonchev–Trinajstić information content (AvgIpc) is 2.84. The van der Waals surface area contributed by atoms with Crippen molar-refractivity contribution in [3.8, 4) is 0 Å². The van der Waals surface area contributed by atoms with Crippen LogP contribution in [0.15, 0.2) is 35.3 Å². The van der Waals surface area contributed by atoms with Gasteiger partial charge in [0.25, 0.3) is 0 Å². The lowest BCUT2D eigenvalue weighted by Gasteiger charge is -2.40. The second-order valence-corrected chi connectivity index (χ2v) is 10.2. The van der Waals surface area contributed by atoms with Gasteiger partial charge in [-0.3, -0.25) is 9.79 Å². The molecule has 4 heteroatoms. The van der Waals surface area contributed by atoms with E-state index in [-0.39, 0.29) is 5.41 Å². The van der Waals surface area contributed by atoms with Crippen molar-refractivity contribution in [1.82, 2.24) is 10.2 Å². The average molecular weight is 440 g/mol. The second kappa shape index (κ2) is 12.5. The van der Waals surface area contributed by atoms with Gasteiger partial charge < -0.3 is 10.2 Å². The number of piperidine rings is 1. The van der Waals surface area contributed by atoms with Crippen LogP contribution < -0.4 is 5.32 Å². The summed E-state index contributed by atoms with van der Waals surface area (Å²) in [6.45, 7) is 7.42. The van der Waals surface area contributed by atoms with Crippen LogP contribution in [0, 0.1) is 5.41 Å². The highest BCUT2D eigenvalue weighted by atomic mass is 16.1. The Labute approximate surface area is 196 Å². The van der Waals surface area contributed by atoms with E-state index in [0.29, 0.717) is 24.2 Å². The van der Waals surface area contributed by atoms with Gasteiger partial charge in [0, 0.05) is 43.9 Å². The van der Waals surface area contributed by atoms with E-state index in [4.69, 9.17) is 4.99 Å². The van der Waals surface area contributed by atoms with Gasteiger partial charge in [-0.05, 0) is 57.1 Å². The first-order valence-corrected chi connectivity index (χ1v) is 13.1. The molecule has 3 rings (SSSR count). The number of nitrogens with zero attached hydrogens (tertiary/aromatic N) is 2. The number of unbranched alkanes of at least 4 members (excludes halogenated alkanes) is 2. The third-order valence-corrected chi connectivity index (χ3v) is 7.89. The summed E-state index contributed by atoms with van der Waals surface area (Å²) < 4.78 is 0. The summed E-state index contributed by atoms with van der Waals surface area (Å²) in [7, 11) is 2.08. The second-order valence-electron chi connectivity index (χ2n) is 10.2. The van der Waals surface area contributed by atoms with E-state index >= 15 is 0 Å². The number of carbonyl (C=O) groups excluding carboxylic acids is 1. The largest absolute Gasteiger partial charge is 0.360 e. The molecule has 0 saturated carbocycles. The van der Waals surface area contributed by atoms with Crippen LogP contribution in [0.4, 0.5) is 0 Å². The van der Waals surface area contributed by atoms with Gasteiger partial charge in [0.1, 0.15) is 5.78 Å². The normalized spacial score (nSPS) is 20.5. The number of rotatable bonds is 11. The lowest BCUT2D eigenvalue weighted by atomic mass is 9.73. The van der Waals surface area contributed by atoms with Crippen molar-refractivity contribution in [2.75, 3.05) is 26.7 Å². The summed E-state index contributed by atoms with van der Waals surface area (Å²) >= 11 is 0. The molecule has 2 heterocycles. The number of amidine groups is 1. The fraction of sp³-hybridized carbons (Fsp3) is 0.714. The molecule has 4 nitrogen and oxygen atoms in total. The van der Waals surface area contributed by atoms with Gasteiger partial charge in [0.15, 0.2) is 0 Å². The first-order valence-electron chi connectivity index (χ1n) is 13.1. The Morgan fingerprint density at radius 1 is 1.12 bits per heavy atom. The van der Waals surface area contributed by atoms with Gasteiger partial charge in [-0.2, -0.15) is 0 Å².